The third-order valence-corrected chi connectivity index (χ3v) is 4.97. The van der Waals surface area contributed by atoms with Crippen molar-refractivity contribution >= 4 is 23.4 Å². The number of carbonyl (C=O) groups excluding carboxylic acids is 3. The van der Waals surface area contributed by atoms with Gasteiger partial charge in [-0.05, 0) is 43.7 Å². The minimum atomic E-state index is -0.732. The summed E-state index contributed by atoms with van der Waals surface area (Å²) in [6, 6.07) is 7.02. The normalized spacial score (nSPS) is 22.8. The van der Waals surface area contributed by atoms with Gasteiger partial charge in [-0.1, -0.05) is 31.9 Å². The molecule has 2 fully saturated rings. The summed E-state index contributed by atoms with van der Waals surface area (Å²) in [4.78, 5) is 36.7. The number of amides is 3. The summed E-state index contributed by atoms with van der Waals surface area (Å²) in [5.74, 6) is -1.22. The molecule has 6 heteroatoms. The summed E-state index contributed by atoms with van der Waals surface area (Å²) in [7, 11) is 0. The van der Waals surface area contributed by atoms with Crippen LogP contribution in [-0.2, 0) is 9.59 Å². The molecule has 0 aliphatic heterocycles. The Morgan fingerprint density at radius 2 is 1.64 bits per heavy atom. The minimum absolute atomic E-state index is 0.0420. The molecule has 0 aromatic heterocycles. The van der Waals surface area contributed by atoms with E-state index in [1.54, 1.807) is 24.3 Å². The number of carbonyl (C=O) groups is 3. The molecular weight excluding hydrogens is 318 g/mol. The number of benzene rings is 1. The number of para-hydroxylation sites is 1. The highest BCUT2D eigenvalue weighted by atomic mass is 16.2. The highest BCUT2D eigenvalue weighted by molar-refractivity contribution is 6.40. The van der Waals surface area contributed by atoms with Gasteiger partial charge in [0.05, 0.1) is 11.3 Å². The van der Waals surface area contributed by atoms with E-state index in [4.69, 9.17) is 0 Å². The van der Waals surface area contributed by atoms with E-state index in [1.165, 1.54) is 6.42 Å². The first kappa shape index (κ1) is 17.5. The molecule has 1 aromatic carbocycles. The van der Waals surface area contributed by atoms with Gasteiger partial charge in [-0.25, -0.2) is 0 Å². The second-order valence-electron chi connectivity index (χ2n) is 7.09. The molecule has 0 heterocycles. The van der Waals surface area contributed by atoms with Crippen molar-refractivity contribution in [3.05, 3.63) is 29.8 Å². The Morgan fingerprint density at radius 3 is 2.36 bits per heavy atom. The van der Waals surface area contributed by atoms with E-state index in [1.807, 2.05) is 0 Å². The first-order chi connectivity index (χ1) is 12.0. The van der Waals surface area contributed by atoms with Crippen molar-refractivity contribution < 1.29 is 14.4 Å². The van der Waals surface area contributed by atoms with Crippen LogP contribution in [0.15, 0.2) is 24.3 Å². The van der Waals surface area contributed by atoms with Gasteiger partial charge in [0, 0.05) is 12.1 Å². The fourth-order valence-electron chi connectivity index (χ4n) is 3.22. The summed E-state index contributed by atoms with van der Waals surface area (Å²) in [5.41, 5.74) is 0.735. The lowest BCUT2D eigenvalue weighted by Gasteiger charge is -2.29. The Hall–Kier alpha value is -2.37. The smallest absolute Gasteiger partial charge is 0.313 e. The van der Waals surface area contributed by atoms with Crippen LogP contribution in [0.1, 0.15) is 55.8 Å². The maximum Gasteiger partial charge on any atom is 0.313 e. The average Bonchev–Trinajstić information content (AvgIpc) is 3.41. The predicted octanol–water partition coefficient (Wildman–Crippen LogP) is 2.21. The van der Waals surface area contributed by atoms with Crippen LogP contribution in [0.4, 0.5) is 5.69 Å². The van der Waals surface area contributed by atoms with Crippen LogP contribution in [0.25, 0.3) is 0 Å². The van der Waals surface area contributed by atoms with E-state index >= 15 is 0 Å². The summed E-state index contributed by atoms with van der Waals surface area (Å²) < 4.78 is 0. The molecule has 0 spiro atoms. The molecule has 0 radical (unpaired) electrons. The Balaban J connectivity index is 1.62. The summed E-state index contributed by atoms with van der Waals surface area (Å²) in [6.45, 7) is 2.10. The van der Waals surface area contributed by atoms with Gasteiger partial charge in [-0.2, -0.15) is 0 Å². The molecule has 134 valence electrons. The standard InChI is InChI=1S/C19H25N3O3/c1-12-6-2-4-8-15(12)21-18(24)19(25)22-16-9-5-3-7-14(16)17(23)20-13-10-11-13/h3,5,7,9,12-13,15H,2,4,6,8,10-11H2,1H3,(H,20,23)(H,21,24)(H,22,25)/t12-,15-/m1/s1. The van der Waals surface area contributed by atoms with Crippen LogP contribution >= 0.6 is 0 Å². The number of hydrogen-bond acceptors (Lipinski definition) is 3. The van der Waals surface area contributed by atoms with E-state index in [0.717, 1.165) is 32.1 Å². The monoisotopic (exact) mass is 343 g/mol. The van der Waals surface area contributed by atoms with Crippen molar-refractivity contribution in [2.75, 3.05) is 5.32 Å². The minimum Gasteiger partial charge on any atom is -0.349 e. The van der Waals surface area contributed by atoms with Gasteiger partial charge in [-0.3, -0.25) is 14.4 Å². The second kappa shape index (κ2) is 7.68. The number of nitrogens with one attached hydrogen (secondary N) is 3. The molecule has 0 saturated heterocycles. The van der Waals surface area contributed by atoms with Gasteiger partial charge in [0.2, 0.25) is 0 Å². The van der Waals surface area contributed by atoms with Crippen molar-refractivity contribution in [1.29, 1.82) is 0 Å². The molecule has 0 unspecified atom stereocenters. The van der Waals surface area contributed by atoms with E-state index < -0.39 is 11.8 Å². The lowest BCUT2D eigenvalue weighted by Crippen LogP contribution is -2.46. The van der Waals surface area contributed by atoms with Gasteiger partial charge in [0.25, 0.3) is 5.91 Å². The van der Waals surface area contributed by atoms with Crippen molar-refractivity contribution in [1.82, 2.24) is 10.6 Å². The molecule has 2 atom stereocenters. The summed E-state index contributed by atoms with van der Waals surface area (Å²) in [5, 5.41) is 8.30. The predicted molar refractivity (Wildman–Crippen MR) is 95.1 cm³/mol. The average molecular weight is 343 g/mol. The third-order valence-electron chi connectivity index (χ3n) is 4.97. The molecule has 3 amide bonds. The lowest BCUT2D eigenvalue weighted by molar-refractivity contribution is -0.137. The van der Waals surface area contributed by atoms with E-state index in [2.05, 4.69) is 22.9 Å². The maximum absolute atomic E-state index is 12.3. The van der Waals surface area contributed by atoms with Crippen molar-refractivity contribution in [3.8, 4) is 0 Å². The number of anilines is 1. The zero-order valence-electron chi connectivity index (χ0n) is 14.5. The van der Waals surface area contributed by atoms with E-state index in [-0.39, 0.29) is 18.0 Å². The molecule has 0 bridgehead atoms. The van der Waals surface area contributed by atoms with Gasteiger partial charge in [0.15, 0.2) is 0 Å². The largest absolute Gasteiger partial charge is 0.349 e. The lowest BCUT2D eigenvalue weighted by atomic mass is 9.86. The van der Waals surface area contributed by atoms with Crippen LogP contribution in [-0.4, -0.2) is 29.8 Å². The van der Waals surface area contributed by atoms with Crippen molar-refractivity contribution in [2.24, 2.45) is 5.92 Å². The maximum atomic E-state index is 12.3. The zero-order valence-corrected chi connectivity index (χ0v) is 14.5. The van der Waals surface area contributed by atoms with Crippen LogP contribution in [0.3, 0.4) is 0 Å². The third kappa shape index (κ3) is 4.59. The SMILES string of the molecule is C[C@@H]1CCCC[C@H]1NC(=O)C(=O)Nc1ccccc1C(=O)NC1CC1. The van der Waals surface area contributed by atoms with Crippen molar-refractivity contribution in [3.63, 3.8) is 0 Å². The van der Waals surface area contributed by atoms with Gasteiger partial charge in [0.1, 0.15) is 0 Å². The van der Waals surface area contributed by atoms with Gasteiger partial charge in [-0.15, -0.1) is 0 Å². The molecule has 2 saturated carbocycles. The fraction of sp³-hybridized carbons (Fsp3) is 0.526. The molecule has 6 nitrogen and oxygen atoms in total. The van der Waals surface area contributed by atoms with Crippen LogP contribution in [0.5, 0.6) is 0 Å². The Kier molecular flexibility index (Phi) is 5.36. The van der Waals surface area contributed by atoms with Gasteiger partial charge >= 0.3 is 11.8 Å². The van der Waals surface area contributed by atoms with Crippen LogP contribution in [0, 0.1) is 5.92 Å². The van der Waals surface area contributed by atoms with Crippen LogP contribution in [0.2, 0.25) is 0 Å². The highest BCUT2D eigenvalue weighted by Crippen LogP contribution is 2.24. The molecule has 3 rings (SSSR count). The van der Waals surface area contributed by atoms with Gasteiger partial charge < -0.3 is 16.0 Å². The zero-order chi connectivity index (χ0) is 17.8. The molecular formula is C19H25N3O3. The molecule has 2 aliphatic carbocycles. The highest BCUT2D eigenvalue weighted by Gasteiger charge is 2.27. The Labute approximate surface area is 147 Å². The molecule has 25 heavy (non-hydrogen) atoms. The van der Waals surface area contributed by atoms with Crippen LogP contribution < -0.4 is 16.0 Å². The first-order valence-electron chi connectivity index (χ1n) is 9.06. The molecule has 3 N–H and O–H groups in total. The van der Waals surface area contributed by atoms with Crippen molar-refractivity contribution in [2.45, 2.75) is 57.5 Å². The first-order valence-corrected chi connectivity index (χ1v) is 9.06. The summed E-state index contributed by atoms with van der Waals surface area (Å²) >= 11 is 0. The van der Waals surface area contributed by atoms with E-state index in [9.17, 15) is 14.4 Å². The molecule has 2 aliphatic rings. The Morgan fingerprint density at radius 1 is 0.920 bits per heavy atom. The summed E-state index contributed by atoms with van der Waals surface area (Å²) in [6.07, 6.45) is 6.19. The Bertz CT molecular complexity index is 670. The topological polar surface area (TPSA) is 87.3 Å². The quantitative estimate of drug-likeness (QED) is 0.733. The van der Waals surface area contributed by atoms with E-state index in [0.29, 0.717) is 17.2 Å². The second-order valence-corrected chi connectivity index (χ2v) is 7.09. The number of hydrogen-bond donors (Lipinski definition) is 3. The fourth-order valence-corrected chi connectivity index (χ4v) is 3.22. The molecule has 1 aromatic rings. The number of rotatable bonds is 4.